The zero-order chi connectivity index (χ0) is 35.0. The Morgan fingerprint density at radius 2 is 1.69 bits per heavy atom. The van der Waals surface area contributed by atoms with E-state index in [1.165, 1.54) is 4.90 Å². The molecule has 0 unspecified atom stereocenters. The van der Waals surface area contributed by atoms with Crippen LogP contribution in [0.4, 0.5) is 4.79 Å². The van der Waals surface area contributed by atoms with Gasteiger partial charge in [0.15, 0.2) is 12.0 Å². The van der Waals surface area contributed by atoms with Crippen molar-refractivity contribution in [3.63, 3.8) is 0 Å². The second-order valence-corrected chi connectivity index (χ2v) is 13.5. The summed E-state index contributed by atoms with van der Waals surface area (Å²) in [4.78, 5) is 55.3. The molecule has 1 aliphatic rings. The van der Waals surface area contributed by atoms with Gasteiger partial charge in [-0.1, -0.05) is 74.5 Å². The van der Waals surface area contributed by atoms with Gasteiger partial charge in [-0.2, -0.15) is 0 Å². The first-order valence-electron chi connectivity index (χ1n) is 16.3. The van der Waals surface area contributed by atoms with E-state index in [-0.39, 0.29) is 36.0 Å². The maximum Gasteiger partial charge on any atom is 0.410 e. The molecule has 11 nitrogen and oxygen atoms in total. The molecule has 0 saturated carbocycles. The van der Waals surface area contributed by atoms with E-state index < -0.39 is 47.8 Å². The smallest absolute Gasteiger partial charge is 0.410 e. The van der Waals surface area contributed by atoms with Gasteiger partial charge < -0.3 is 34.9 Å². The largest absolute Gasteiger partial charge is 0.478 e. The fourth-order valence-corrected chi connectivity index (χ4v) is 5.77. The number of likely N-dealkylation sites (N-methyl/N-ethyl adjacent to an activating group) is 1. The highest BCUT2D eigenvalue weighted by Gasteiger charge is 2.38. The summed E-state index contributed by atoms with van der Waals surface area (Å²) in [5, 5.41) is 17.5. The fraction of sp³-hybridized carbons (Fsp3) is 0.459. The van der Waals surface area contributed by atoms with Crippen LogP contribution in [0.25, 0.3) is 10.8 Å². The molecule has 48 heavy (non-hydrogen) atoms. The van der Waals surface area contributed by atoms with Crippen LogP contribution in [0.3, 0.4) is 0 Å². The van der Waals surface area contributed by atoms with Crippen molar-refractivity contribution in [3.8, 4) is 5.75 Å². The van der Waals surface area contributed by atoms with Crippen LogP contribution < -0.4 is 15.4 Å². The topological polar surface area (TPSA) is 144 Å². The lowest BCUT2D eigenvalue weighted by Gasteiger charge is -2.34. The van der Waals surface area contributed by atoms with Crippen molar-refractivity contribution in [1.29, 1.82) is 0 Å². The summed E-state index contributed by atoms with van der Waals surface area (Å²) >= 11 is 0. The number of hydrogen-bond donors (Lipinski definition) is 3. The Morgan fingerprint density at radius 3 is 2.31 bits per heavy atom. The monoisotopic (exact) mass is 661 g/mol. The van der Waals surface area contributed by atoms with E-state index in [0.29, 0.717) is 35.9 Å². The van der Waals surface area contributed by atoms with E-state index in [1.54, 1.807) is 58.2 Å². The highest BCUT2D eigenvalue weighted by atomic mass is 16.6. The van der Waals surface area contributed by atoms with Crippen molar-refractivity contribution >= 4 is 34.5 Å². The quantitative estimate of drug-likeness (QED) is 0.206. The van der Waals surface area contributed by atoms with Crippen LogP contribution in [0, 0.1) is 5.92 Å². The lowest BCUT2D eigenvalue weighted by Crippen LogP contribution is -2.55. The van der Waals surface area contributed by atoms with Gasteiger partial charge >= 0.3 is 12.1 Å². The Kier molecular flexibility index (Phi) is 12.2. The molecule has 1 fully saturated rings. The molecule has 258 valence electrons. The Hall–Kier alpha value is -4.48. The Morgan fingerprint density at radius 1 is 1.00 bits per heavy atom. The molecule has 3 aromatic rings. The van der Waals surface area contributed by atoms with E-state index in [4.69, 9.17) is 14.2 Å². The molecule has 0 bridgehead atoms. The SMILES string of the molecule is CC(C)C[C@@H](C(=O)[C@H](C[C@H](NC(=O)[C@H]1COCCN1)Oc1ccc2ccccc2c1C(=O)O)c1ccccc1)N(C)C(=O)OC(C)(C)C. The lowest BCUT2D eigenvalue weighted by molar-refractivity contribution is -0.130. The minimum atomic E-state index is -1.19. The number of fused-ring (bicyclic) bond motifs is 1. The minimum Gasteiger partial charge on any atom is -0.478 e. The van der Waals surface area contributed by atoms with Crippen LogP contribution in [-0.4, -0.2) is 84.5 Å². The molecule has 2 amide bonds. The first-order chi connectivity index (χ1) is 22.7. The molecule has 1 aliphatic heterocycles. The summed E-state index contributed by atoms with van der Waals surface area (Å²) in [5.41, 5.74) is -0.165. The molecular weight excluding hydrogens is 614 g/mol. The molecule has 0 radical (unpaired) electrons. The van der Waals surface area contributed by atoms with Crippen LogP contribution in [0.1, 0.15) is 69.3 Å². The predicted octanol–water partition coefficient (Wildman–Crippen LogP) is 5.37. The average molecular weight is 662 g/mol. The van der Waals surface area contributed by atoms with Crippen LogP contribution in [0.2, 0.25) is 0 Å². The van der Waals surface area contributed by atoms with E-state index in [2.05, 4.69) is 10.6 Å². The van der Waals surface area contributed by atoms with Gasteiger partial charge in [0.25, 0.3) is 0 Å². The molecule has 11 heteroatoms. The highest BCUT2D eigenvalue weighted by Crippen LogP contribution is 2.32. The van der Waals surface area contributed by atoms with Crippen LogP contribution in [0.15, 0.2) is 66.7 Å². The van der Waals surface area contributed by atoms with E-state index in [0.717, 1.165) is 0 Å². The Bertz CT molecular complexity index is 1580. The Balaban J connectivity index is 1.76. The number of nitrogens with one attached hydrogen (secondary N) is 2. The number of rotatable bonds is 13. The number of ketones is 1. The Labute approximate surface area is 281 Å². The summed E-state index contributed by atoms with van der Waals surface area (Å²) in [6.07, 6.45) is -1.45. The zero-order valence-electron chi connectivity index (χ0n) is 28.5. The number of carboxylic acid groups (broad SMARTS) is 1. The highest BCUT2D eigenvalue weighted by molar-refractivity contribution is 6.06. The van der Waals surface area contributed by atoms with E-state index >= 15 is 0 Å². The maximum absolute atomic E-state index is 14.7. The molecule has 3 N–H and O–H groups in total. The van der Waals surface area contributed by atoms with Gasteiger partial charge in [0, 0.05) is 20.0 Å². The zero-order valence-corrected chi connectivity index (χ0v) is 28.5. The second-order valence-electron chi connectivity index (χ2n) is 13.5. The fourth-order valence-electron chi connectivity index (χ4n) is 5.77. The van der Waals surface area contributed by atoms with Crippen LogP contribution >= 0.6 is 0 Å². The summed E-state index contributed by atoms with van der Waals surface area (Å²) in [6, 6.07) is 17.9. The third-order valence-corrected chi connectivity index (χ3v) is 8.08. The molecule has 1 heterocycles. The third kappa shape index (κ3) is 9.54. The molecule has 0 aliphatic carbocycles. The number of aromatic carboxylic acids is 1. The standard InChI is InChI=1S/C37H47N3O8/c1-23(2)20-29(40(6)36(45)48-37(3,4)5)33(41)27(24-12-8-7-9-13-24)21-31(39-34(42)28-22-46-19-18-38-28)47-30-17-16-25-14-10-11-15-26(25)32(30)35(43)44/h7-17,23,27-29,31,38H,18-22H2,1-6H3,(H,39,42)(H,43,44)/t27-,28-,29+,31-/m1/s1. The molecule has 0 aromatic heterocycles. The van der Waals surface area contributed by atoms with Crippen molar-refractivity contribution < 1.29 is 38.5 Å². The summed E-state index contributed by atoms with van der Waals surface area (Å²) < 4.78 is 17.5. The second kappa shape index (κ2) is 16.1. The maximum atomic E-state index is 14.7. The van der Waals surface area contributed by atoms with Gasteiger partial charge in [0.2, 0.25) is 5.91 Å². The normalized spacial score (nSPS) is 16.9. The van der Waals surface area contributed by atoms with Gasteiger partial charge in [-0.15, -0.1) is 0 Å². The first kappa shape index (κ1) is 36.4. The van der Waals surface area contributed by atoms with E-state index in [9.17, 15) is 24.3 Å². The number of Topliss-reactive ketones (excluding diaryl/α,β-unsaturated/α-hetero) is 1. The number of nitrogens with zero attached hydrogens (tertiary/aromatic N) is 1. The molecule has 4 atom stereocenters. The number of carboxylic acids is 1. The molecule has 3 aromatic carbocycles. The number of carbonyl (C=O) groups excluding carboxylic acids is 3. The molecule has 1 saturated heterocycles. The number of carbonyl (C=O) groups is 4. The number of ether oxygens (including phenoxy) is 3. The van der Waals surface area contributed by atoms with Crippen molar-refractivity contribution in [1.82, 2.24) is 15.5 Å². The van der Waals surface area contributed by atoms with Crippen LogP contribution in [-0.2, 0) is 19.1 Å². The molecular formula is C37H47N3O8. The number of hydrogen-bond acceptors (Lipinski definition) is 8. The predicted molar refractivity (Wildman–Crippen MR) is 182 cm³/mol. The minimum absolute atomic E-state index is 0.0446. The number of amides is 2. The summed E-state index contributed by atoms with van der Waals surface area (Å²) in [7, 11) is 1.56. The summed E-state index contributed by atoms with van der Waals surface area (Å²) in [5.74, 6) is -2.62. The van der Waals surface area contributed by atoms with Crippen molar-refractivity contribution in [2.24, 2.45) is 5.92 Å². The van der Waals surface area contributed by atoms with Gasteiger partial charge in [-0.05, 0) is 55.5 Å². The molecule has 0 spiro atoms. The van der Waals surface area contributed by atoms with Crippen molar-refractivity contribution in [2.45, 2.75) is 77.3 Å². The first-order valence-corrected chi connectivity index (χ1v) is 16.3. The lowest BCUT2D eigenvalue weighted by atomic mass is 9.84. The van der Waals surface area contributed by atoms with E-state index in [1.807, 2.05) is 50.2 Å². The van der Waals surface area contributed by atoms with Crippen molar-refractivity contribution in [3.05, 3.63) is 77.9 Å². The van der Waals surface area contributed by atoms with Gasteiger partial charge in [-0.3, -0.25) is 9.59 Å². The molecule has 4 rings (SSSR count). The van der Waals surface area contributed by atoms with Gasteiger partial charge in [0.1, 0.15) is 23.0 Å². The average Bonchev–Trinajstić information content (AvgIpc) is 3.05. The summed E-state index contributed by atoms with van der Waals surface area (Å²) in [6.45, 7) is 10.3. The van der Waals surface area contributed by atoms with Gasteiger partial charge in [-0.25, -0.2) is 9.59 Å². The number of benzene rings is 3. The van der Waals surface area contributed by atoms with Crippen LogP contribution in [0.5, 0.6) is 5.75 Å². The third-order valence-electron chi connectivity index (χ3n) is 8.08. The van der Waals surface area contributed by atoms with Gasteiger partial charge in [0.05, 0.1) is 25.2 Å². The van der Waals surface area contributed by atoms with Crippen molar-refractivity contribution in [2.75, 3.05) is 26.8 Å². The number of morpholine rings is 1.